The fraction of sp³-hybridized carbons (Fsp3) is 0. The quantitative estimate of drug-likeness (QED) is 0.718. The lowest BCUT2D eigenvalue weighted by Crippen LogP contribution is -2.02. The monoisotopic (exact) mass is 226 g/mol. The SMILES string of the molecule is O=S(=O)(O)c1ccc(-n2cncn2)nc1. The van der Waals surface area contributed by atoms with Crippen LogP contribution in [0.3, 0.4) is 0 Å². The number of pyridine rings is 1. The van der Waals surface area contributed by atoms with E-state index in [2.05, 4.69) is 15.1 Å². The van der Waals surface area contributed by atoms with E-state index in [1.165, 1.54) is 29.5 Å². The van der Waals surface area contributed by atoms with Gasteiger partial charge in [-0.15, -0.1) is 0 Å². The summed E-state index contributed by atoms with van der Waals surface area (Å²) in [6.45, 7) is 0. The molecule has 0 saturated heterocycles. The Morgan fingerprint density at radius 3 is 2.60 bits per heavy atom. The molecule has 0 aliphatic rings. The maximum Gasteiger partial charge on any atom is 0.296 e. The summed E-state index contributed by atoms with van der Waals surface area (Å²) in [5, 5.41) is 3.81. The number of hydrogen-bond donors (Lipinski definition) is 1. The first-order valence-corrected chi connectivity index (χ1v) is 5.30. The van der Waals surface area contributed by atoms with Crippen molar-refractivity contribution in [1.29, 1.82) is 0 Å². The van der Waals surface area contributed by atoms with Gasteiger partial charge in [-0.2, -0.15) is 13.5 Å². The molecule has 0 amide bonds. The highest BCUT2D eigenvalue weighted by Crippen LogP contribution is 2.08. The zero-order valence-corrected chi connectivity index (χ0v) is 8.16. The first-order valence-electron chi connectivity index (χ1n) is 3.86. The molecule has 0 radical (unpaired) electrons. The Kier molecular flexibility index (Phi) is 2.21. The summed E-state index contributed by atoms with van der Waals surface area (Å²) < 4.78 is 31.5. The second kappa shape index (κ2) is 3.41. The molecule has 2 heterocycles. The maximum absolute atomic E-state index is 10.7. The number of hydrogen-bond acceptors (Lipinski definition) is 5. The molecule has 15 heavy (non-hydrogen) atoms. The molecular weight excluding hydrogens is 220 g/mol. The minimum absolute atomic E-state index is 0.258. The third-order valence-corrected chi connectivity index (χ3v) is 2.51. The summed E-state index contributed by atoms with van der Waals surface area (Å²) >= 11 is 0. The summed E-state index contributed by atoms with van der Waals surface area (Å²) in [7, 11) is -4.20. The molecule has 7 nitrogen and oxygen atoms in total. The van der Waals surface area contributed by atoms with E-state index in [-0.39, 0.29) is 4.90 Å². The Labute approximate surface area is 85.2 Å². The van der Waals surface area contributed by atoms with E-state index >= 15 is 0 Å². The van der Waals surface area contributed by atoms with Gasteiger partial charge in [0.1, 0.15) is 17.6 Å². The molecular formula is C7H6N4O3S. The molecule has 0 atom stereocenters. The maximum atomic E-state index is 10.7. The Bertz CT molecular complexity index is 546. The van der Waals surface area contributed by atoms with E-state index in [1.807, 2.05) is 0 Å². The molecule has 0 aromatic carbocycles. The van der Waals surface area contributed by atoms with Gasteiger partial charge in [-0.25, -0.2) is 14.6 Å². The average Bonchev–Trinajstić information content (AvgIpc) is 2.69. The number of rotatable bonds is 2. The van der Waals surface area contributed by atoms with Gasteiger partial charge in [-0.1, -0.05) is 0 Å². The Morgan fingerprint density at radius 2 is 2.13 bits per heavy atom. The summed E-state index contributed by atoms with van der Waals surface area (Å²) in [6.07, 6.45) is 3.81. The molecule has 2 aromatic rings. The first-order chi connectivity index (χ1) is 7.07. The van der Waals surface area contributed by atoms with Gasteiger partial charge in [0, 0.05) is 0 Å². The number of aromatic nitrogens is 4. The first kappa shape index (κ1) is 9.74. The lowest BCUT2D eigenvalue weighted by atomic mass is 10.5. The minimum Gasteiger partial charge on any atom is -0.282 e. The summed E-state index contributed by atoms with van der Waals surface area (Å²) in [6, 6.07) is 2.65. The molecule has 0 saturated carbocycles. The average molecular weight is 226 g/mol. The zero-order valence-electron chi connectivity index (χ0n) is 7.35. The number of nitrogens with zero attached hydrogens (tertiary/aromatic N) is 4. The van der Waals surface area contributed by atoms with Gasteiger partial charge in [0.05, 0.1) is 6.20 Å². The van der Waals surface area contributed by atoms with E-state index < -0.39 is 10.1 Å². The predicted molar refractivity (Wildman–Crippen MR) is 49.0 cm³/mol. The second-order valence-corrected chi connectivity index (χ2v) is 4.09. The topological polar surface area (TPSA) is 98.0 Å². The van der Waals surface area contributed by atoms with Gasteiger partial charge < -0.3 is 0 Å². The zero-order chi connectivity index (χ0) is 10.9. The van der Waals surface area contributed by atoms with Crippen molar-refractivity contribution in [3.8, 4) is 5.82 Å². The molecule has 1 N–H and O–H groups in total. The van der Waals surface area contributed by atoms with Crippen LogP contribution in [0.1, 0.15) is 0 Å². The van der Waals surface area contributed by atoms with Gasteiger partial charge in [0.25, 0.3) is 10.1 Å². The molecule has 0 aliphatic carbocycles. The van der Waals surface area contributed by atoms with E-state index in [9.17, 15) is 8.42 Å². The van der Waals surface area contributed by atoms with Crippen molar-refractivity contribution in [3.05, 3.63) is 31.0 Å². The lowest BCUT2D eigenvalue weighted by molar-refractivity contribution is 0.482. The molecule has 78 valence electrons. The van der Waals surface area contributed by atoms with Crippen molar-refractivity contribution >= 4 is 10.1 Å². The van der Waals surface area contributed by atoms with Crippen LogP contribution in [0.4, 0.5) is 0 Å². The van der Waals surface area contributed by atoms with Crippen molar-refractivity contribution in [2.45, 2.75) is 4.90 Å². The second-order valence-electron chi connectivity index (χ2n) is 2.67. The van der Waals surface area contributed by atoms with Crippen LogP contribution >= 0.6 is 0 Å². The third kappa shape index (κ3) is 2.00. The normalized spacial score (nSPS) is 11.5. The third-order valence-electron chi connectivity index (χ3n) is 1.67. The van der Waals surface area contributed by atoms with Crippen molar-refractivity contribution in [2.75, 3.05) is 0 Å². The minimum atomic E-state index is -4.20. The van der Waals surface area contributed by atoms with Crippen LogP contribution in [0, 0.1) is 0 Å². The van der Waals surface area contributed by atoms with Gasteiger partial charge in [-0.05, 0) is 12.1 Å². The van der Waals surface area contributed by atoms with Crippen LogP contribution < -0.4 is 0 Å². The van der Waals surface area contributed by atoms with Crippen LogP contribution in [-0.2, 0) is 10.1 Å². The molecule has 0 bridgehead atoms. The molecule has 2 aromatic heterocycles. The summed E-state index contributed by atoms with van der Waals surface area (Å²) in [4.78, 5) is 7.26. The molecule has 0 aliphatic heterocycles. The summed E-state index contributed by atoms with van der Waals surface area (Å²) in [5.41, 5.74) is 0. The van der Waals surface area contributed by atoms with Crippen LogP contribution in [0.25, 0.3) is 5.82 Å². The smallest absolute Gasteiger partial charge is 0.282 e. The predicted octanol–water partition coefficient (Wildman–Crippen LogP) is -0.0910. The fourth-order valence-electron chi connectivity index (χ4n) is 0.987. The van der Waals surface area contributed by atoms with Crippen molar-refractivity contribution in [3.63, 3.8) is 0 Å². The van der Waals surface area contributed by atoms with Crippen LogP contribution in [0.5, 0.6) is 0 Å². The van der Waals surface area contributed by atoms with Crippen molar-refractivity contribution < 1.29 is 13.0 Å². The van der Waals surface area contributed by atoms with Crippen LogP contribution in [-0.4, -0.2) is 32.7 Å². The van der Waals surface area contributed by atoms with E-state index in [4.69, 9.17) is 4.55 Å². The van der Waals surface area contributed by atoms with E-state index in [0.717, 1.165) is 6.20 Å². The van der Waals surface area contributed by atoms with Crippen molar-refractivity contribution in [2.24, 2.45) is 0 Å². The standard InChI is InChI=1S/C7H6N4O3S/c12-15(13,14)6-1-2-7(9-3-6)11-5-8-4-10-11/h1-5H,(H,12,13,14). The van der Waals surface area contributed by atoms with Gasteiger partial charge in [0.15, 0.2) is 5.82 Å². The molecule has 0 spiro atoms. The molecule has 0 fully saturated rings. The van der Waals surface area contributed by atoms with Crippen molar-refractivity contribution in [1.82, 2.24) is 19.7 Å². The Hall–Kier alpha value is -1.80. The van der Waals surface area contributed by atoms with Crippen LogP contribution in [0.15, 0.2) is 35.9 Å². The lowest BCUT2D eigenvalue weighted by Gasteiger charge is -1.99. The summed E-state index contributed by atoms with van der Waals surface area (Å²) in [5.74, 6) is 0.417. The Balaban J connectivity index is 2.42. The van der Waals surface area contributed by atoms with Crippen LogP contribution in [0.2, 0.25) is 0 Å². The van der Waals surface area contributed by atoms with E-state index in [1.54, 1.807) is 0 Å². The van der Waals surface area contributed by atoms with E-state index in [0.29, 0.717) is 5.82 Å². The van der Waals surface area contributed by atoms with Gasteiger partial charge >= 0.3 is 0 Å². The largest absolute Gasteiger partial charge is 0.296 e. The molecule has 0 unspecified atom stereocenters. The highest BCUT2D eigenvalue weighted by Gasteiger charge is 2.09. The highest BCUT2D eigenvalue weighted by atomic mass is 32.2. The fourth-order valence-corrected chi connectivity index (χ4v) is 1.41. The molecule has 8 heteroatoms. The Morgan fingerprint density at radius 1 is 1.33 bits per heavy atom. The van der Waals surface area contributed by atoms with Gasteiger partial charge in [-0.3, -0.25) is 4.55 Å². The highest BCUT2D eigenvalue weighted by molar-refractivity contribution is 7.85. The molecule has 2 rings (SSSR count). The van der Waals surface area contributed by atoms with Gasteiger partial charge in [0.2, 0.25) is 0 Å².